The number of hydrogen-bond donors (Lipinski definition) is 0. The molecule has 0 amide bonds. The van der Waals surface area contributed by atoms with Gasteiger partial charge in [0.2, 0.25) is 0 Å². The second kappa shape index (κ2) is 7.95. The van der Waals surface area contributed by atoms with Gasteiger partial charge in [0.25, 0.3) is 0 Å². The minimum absolute atomic E-state index is 0.176. The molecular weight excluding hydrogens is 436 g/mol. The normalized spacial score (nSPS) is 11.3. The average Bonchev–Trinajstić information content (AvgIpc) is 3.22. The van der Waals surface area contributed by atoms with Crippen molar-refractivity contribution >= 4 is 43.8 Å². The maximum absolute atomic E-state index is 11.9. The Labute approximate surface area is 176 Å². The van der Waals surface area contributed by atoms with Gasteiger partial charge in [0.1, 0.15) is 29.5 Å². The van der Waals surface area contributed by atoms with Gasteiger partial charge in [0.15, 0.2) is 5.58 Å². The number of furan rings is 2. The van der Waals surface area contributed by atoms with Crippen LogP contribution in [-0.4, -0.2) is 12.6 Å². The molecular formula is C23H21BrO5. The van der Waals surface area contributed by atoms with E-state index in [1.54, 1.807) is 6.92 Å². The third kappa shape index (κ3) is 3.77. The highest BCUT2D eigenvalue weighted by atomic mass is 79.9. The van der Waals surface area contributed by atoms with Gasteiger partial charge in [-0.25, -0.2) is 0 Å². The summed E-state index contributed by atoms with van der Waals surface area (Å²) in [4.78, 5) is 11.9. The van der Waals surface area contributed by atoms with Crippen molar-refractivity contribution in [3.63, 3.8) is 0 Å². The SMILES string of the molecule is CCOC(=O)Cc1ccccc1OCc1c(C)oc2c1cc(Br)c1oc(C)cc12. The number of fused-ring (bicyclic) bond motifs is 3. The van der Waals surface area contributed by atoms with Gasteiger partial charge in [-0.2, -0.15) is 0 Å². The number of benzene rings is 2. The van der Waals surface area contributed by atoms with Crippen LogP contribution in [0, 0.1) is 13.8 Å². The molecule has 0 saturated heterocycles. The standard InChI is InChI=1S/C23H21BrO5/c1-4-26-21(25)10-15-7-5-6-8-20(15)27-12-18-14(3)29-22-16(18)11-19(24)23-17(22)9-13(2)28-23/h5-9,11H,4,10,12H2,1-3H3. The minimum Gasteiger partial charge on any atom is -0.488 e. The van der Waals surface area contributed by atoms with E-state index in [1.165, 1.54) is 0 Å². The first-order valence-corrected chi connectivity index (χ1v) is 10.2. The Morgan fingerprint density at radius 3 is 2.66 bits per heavy atom. The lowest BCUT2D eigenvalue weighted by atomic mass is 10.1. The van der Waals surface area contributed by atoms with Gasteiger partial charge < -0.3 is 18.3 Å². The van der Waals surface area contributed by atoms with Crippen molar-refractivity contribution in [3.8, 4) is 5.75 Å². The molecule has 2 aromatic carbocycles. The molecule has 0 fully saturated rings. The van der Waals surface area contributed by atoms with Gasteiger partial charge in [-0.15, -0.1) is 0 Å². The number of rotatable bonds is 6. The molecule has 4 rings (SSSR count). The summed E-state index contributed by atoms with van der Waals surface area (Å²) < 4.78 is 23.9. The molecule has 4 aromatic rings. The number of ether oxygens (including phenoxy) is 2. The van der Waals surface area contributed by atoms with Crippen LogP contribution >= 0.6 is 15.9 Å². The fourth-order valence-corrected chi connectivity index (χ4v) is 4.01. The van der Waals surface area contributed by atoms with Crippen LogP contribution in [-0.2, 0) is 22.6 Å². The Hall–Kier alpha value is -2.73. The number of hydrogen-bond acceptors (Lipinski definition) is 5. The van der Waals surface area contributed by atoms with Gasteiger partial charge in [-0.3, -0.25) is 4.79 Å². The molecule has 0 aliphatic heterocycles. The predicted octanol–water partition coefficient (Wildman–Crippen LogP) is 6.24. The Morgan fingerprint density at radius 1 is 1.07 bits per heavy atom. The highest BCUT2D eigenvalue weighted by Crippen LogP contribution is 2.38. The molecule has 0 aliphatic carbocycles. The fraction of sp³-hybridized carbons (Fsp3) is 0.261. The zero-order chi connectivity index (χ0) is 20.5. The van der Waals surface area contributed by atoms with Crippen LogP contribution in [0.4, 0.5) is 0 Å². The molecule has 0 N–H and O–H groups in total. The van der Waals surface area contributed by atoms with Crippen LogP contribution < -0.4 is 4.74 Å². The maximum Gasteiger partial charge on any atom is 0.310 e. The van der Waals surface area contributed by atoms with E-state index < -0.39 is 0 Å². The third-order valence-electron chi connectivity index (χ3n) is 4.82. The number of carbonyl (C=O) groups excluding carboxylic acids is 1. The van der Waals surface area contributed by atoms with Crippen molar-refractivity contribution in [2.75, 3.05) is 6.61 Å². The summed E-state index contributed by atoms with van der Waals surface area (Å²) in [6, 6.07) is 11.5. The highest BCUT2D eigenvalue weighted by Gasteiger charge is 2.19. The molecule has 150 valence electrons. The smallest absolute Gasteiger partial charge is 0.310 e. The number of esters is 1. The average molecular weight is 457 g/mol. The first kappa shape index (κ1) is 19.6. The van der Waals surface area contributed by atoms with E-state index in [2.05, 4.69) is 15.9 Å². The summed E-state index contributed by atoms with van der Waals surface area (Å²) in [7, 11) is 0. The van der Waals surface area contributed by atoms with E-state index in [-0.39, 0.29) is 12.4 Å². The molecule has 0 radical (unpaired) electrons. The number of para-hydroxylation sites is 1. The van der Waals surface area contributed by atoms with E-state index in [1.807, 2.05) is 50.2 Å². The van der Waals surface area contributed by atoms with E-state index in [4.69, 9.17) is 18.3 Å². The Balaban J connectivity index is 1.66. The van der Waals surface area contributed by atoms with Gasteiger partial charge in [-0.05, 0) is 54.9 Å². The van der Waals surface area contributed by atoms with Crippen LogP contribution in [0.2, 0.25) is 0 Å². The molecule has 0 unspecified atom stereocenters. The fourth-order valence-electron chi connectivity index (χ4n) is 3.49. The molecule has 0 aliphatic rings. The van der Waals surface area contributed by atoms with Gasteiger partial charge in [0.05, 0.1) is 22.9 Å². The molecule has 0 atom stereocenters. The topological polar surface area (TPSA) is 61.8 Å². The van der Waals surface area contributed by atoms with Gasteiger partial charge in [-0.1, -0.05) is 18.2 Å². The second-order valence-corrected chi connectivity index (χ2v) is 7.70. The minimum atomic E-state index is -0.268. The largest absolute Gasteiger partial charge is 0.488 e. The summed E-state index contributed by atoms with van der Waals surface area (Å²) >= 11 is 3.60. The zero-order valence-electron chi connectivity index (χ0n) is 16.5. The van der Waals surface area contributed by atoms with E-state index in [0.717, 1.165) is 49.1 Å². The maximum atomic E-state index is 11.9. The Morgan fingerprint density at radius 2 is 1.86 bits per heavy atom. The molecule has 0 spiro atoms. The van der Waals surface area contributed by atoms with Crippen molar-refractivity contribution in [2.24, 2.45) is 0 Å². The molecule has 0 saturated carbocycles. The van der Waals surface area contributed by atoms with Crippen LogP contribution in [0.25, 0.3) is 21.9 Å². The molecule has 6 heteroatoms. The van der Waals surface area contributed by atoms with Crippen LogP contribution in [0.3, 0.4) is 0 Å². The van der Waals surface area contributed by atoms with E-state index in [0.29, 0.717) is 19.0 Å². The quantitative estimate of drug-likeness (QED) is 0.321. The lowest BCUT2D eigenvalue weighted by Gasteiger charge is -2.11. The lowest BCUT2D eigenvalue weighted by Crippen LogP contribution is -2.09. The van der Waals surface area contributed by atoms with Crippen molar-refractivity contribution < 1.29 is 23.1 Å². The number of halogens is 1. The van der Waals surface area contributed by atoms with Crippen molar-refractivity contribution in [1.29, 1.82) is 0 Å². The second-order valence-electron chi connectivity index (χ2n) is 6.85. The first-order valence-electron chi connectivity index (χ1n) is 9.45. The number of aryl methyl sites for hydroxylation is 2. The Kier molecular flexibility index (Phi) is 5.37. The summed E-state index contributed by atoms with van der Waals surface area (Å²) in [6.45, 7) is 6.32. The molecule has 5 nitrogen and oxygen atoms in total. The van der Waals surface area contributed by atoms with Crippen LogP contribution in [0.15, 0.2) is 49.7 Å². The summed E-state index contributed by atoms with van der Waals surface area (Å²) in [5.41, 5.74) is 3.32. The van der Waals surface area contributed by atoms with Crippen molar-refractivity contribution in [2.45, 2.75) is 33.8 Å². The highest BCUT2D eigenvalue weighted by molar-refractivity contribution is 9.10. The molecule has 2 aromatic heterocycles. The molecule has 0 bridgehead atoms. The van der Waals surface area contributed by atoms with Crippen molar-refractivity contribution in [1.82, 2.24) is 0 Å². The van der Waals surface area contributed by atoms with Crippen molar-refractivity contribution in [3.05, 3.63) is 63.5 Å². The summed E-state index contributed by atoms with van der Waals surface area (Å²) in [5, 5.41) is 1.91. The van der Waals surface area contributed by atoms with Crippen LogP contribution in [0.1, 0.15) is 29.6 Å². The van der Waals surface area contributed by atoms with Gasteiger partial charge in [0, 0.05) is 16.5 Å². The summed E-state index contributed by atoms with van der Waals surface area (Å²) in [5.74, 6) is 2.01. The van der Waals surface area contributed by atoms with Gasteiger partial charge >= 0.3 is 5.97 Å². The Bertz CT molecular complexity index is 1200. The zero-order valence-corrected chi connectivity index (χ0v) is 18.1. The van der Waals surface area contributed by atoms with E-state index in [9.17, 15) is 4.79 Å². The molecule has 29 heavy (non-hydrogen) atoms. The predicted molar refractivity (Wildman–Crippen MR) is 114 cm³/mol. The first-order chi connectivity index (χ1) is 14.0. The van der Waals surface area contributed by atoms with E-state index >= 15 is 0 Å². The number of carbonyl (C=O) groups is 1. The van der Waals surface area contributed by atoms with Crippen LogP contribution in [0.5, 0.6) is 5.75 Å². The lowest BCUT2D eigenvalue weighted by molar-refractivity contribution is -0.142. The monoisotopic (exact) mass is 456 g/mol. The molecule has 2 heterocycles. The summed E-state index contributed by atoms with van der Waals surface area (Å²) in [6.07, 6.45) is 0.176. The third-order valence-corrected chi connectivity index (χ3v) is 5.41.